The van der Waals surface area contributed by atoms with Gasteiger partial charge in [-0.25, -0.2) is 4.79 Å². The van der Waals surface area contributed by atoms with Gasteiger partial charge < -0.3 is 5.11 Å². The number of carbonyl (C=O) groups excluding carboxylic acids is 1. The number of aryl methyl sites for hydroxylation is 2. The molecule has 1 aliphatic rings. The Hall–Kier alpha value is -6.32. The Morgan fingerprint density at radius 2 is 1.22 bits per heavy atom. The SMILES string of the molecule is CC1(C)c2ccccc2-c2c[c-]c(-c3cc(-c4ccccc4)c4cc(-c5ccccc5-c5cccc(CCCCCCc6ccccc6)c5)ccc4n3)cc21.C[CH+]C(=O)/C=C(\O)CC.[Ir]. The first-order chi connectivity index (χ1) is 31.2. The molecule has 0 aliphatic heterocycles. The van der Waals surface area contributed by atoms with E-state index in [1.54, 1.807) is 13.8 Å². The van der Waals surface area contributed by atoms with Gasteiger partial charge in [0.05, 0.1) is 11.9 Å². The second kappa shape index (κ2) is 21.6. The van der Waals surface area contributed by atoms with Crippen molar-refractivity contribution in [3.05, 3.63) is 216 Å². The van der Waals surface area contributed by atoms with Crippen LogP contribution in [0.4, 0.5) is 0 Å². The van der Waals surface area contributed by atoms with Crippen LogP contribution in [0, 0.1) is 12.5 Å². The van der Waals surface area contributed by atoms with Gasteiger partial charge in [-0.3, -0.25) is 4.98 Å². The number of carbonyl (C=O) groups is 1. The predicted octanol–water partition coefficient (Wildman–Crippen LogP) is 16.0. The maximum Gasteiger partial charge on any atom is 0.332 e. The summed E-state index contributed by atoms with van der Waals surface area (Å²) < 4.78 is 0. The van der Waals surface area contributed by atoms with E-state index in [0.29, 0.717) is 6.42 Å². The number of benzene rings is 7. The van der Waals surface area contributed by atoms with Gasteiger partial charge in [0.25, 0.3) is 0 Å². The fourth-order valence-corrected chi connectivity index (χ4v) is 9.06. The van der Waals surface area contributed by atoms with E-state index in [-0.39, 0.29) is 37.1 Å². The molecule has 1 radical (unpaired) electrons. The molecule has 4 heteroatoms. The third-order valence-electron chi connectivity index (χ3n) is 12.6. The average molecular weight is 1030 g/mol. The van der Waals surface area contributed by atoms with Crippen LogP contribution in [0.1, 0.15) is 82.1 Å². The molecule has 0 bridgehead atoms. The Morgan fingerprint density at radius 3 is 1.91 bits per heavy atom. The molecule has 7 aromatic carbocycles. The number of ketones is 1. The standard InChI is InChI=1S/C54H46N.C7H10O2.Ir/c1-54(2)50-29-16-15-28-46(50)47-32-30-43(36-51(47)54)53-37-48(40-23-11-6-12-24-40)49-35-42(31-33-52(49)55-53)45-27-14-13-26-44(45)41-25-17-22-39(34-41)21-8-4-3-7-18-38-19-9-5-10-20-38;1-3-6(8)5-7(9)4-2;/h5-6,9-17,19-20,22-29,31-37H,3-4,7-8,18,21H2,1-2H3;3,5H,4H2,1-2H3;/q-1;;/p+1. The van der Waals surface area contributed by atoms with Gasteiger partial charge >= 0.3 is 5.78 Å². The van der Waals surface area contributed by atoms with Crippen molar-refractivity contribution in [1.82, 2.24) is 4.98 Å². The Morgan fingerprint density at radius 1 is 0.615 bits per heavy atom. The van der Waals surface area contributed by atoms with Crippen LogP contribution in [0.3, 0.4) is 0 Å². The first kappa shape index (κ1) is 46.7. The van der Waals surface area contributed by atoms with Crippen molar-refractivity contribution in [3.63, 3.8) is 0 Å². The molecule has 8 aromatic rings. The topological polar surface area (TPSA) is 50.2 Å². The van der Waals surface area contributed by atoms with Crippen molar-refractivity contribution < 1.29 is 30.0 Å². The van der Waals surface area contributed by atoms with Gasteiger partial charge in [-0.05, 0) is 99.0 Å². The molecule has 0 saturated carbocycles. The molecule has 1 N–H and O–H groups in total. The van der Waals surface area contributed by atoms with E-state index in [4.69, 9.17) is 10.1 Å². The van der Waals surface area contributed by atoms with E-state index in [9.17, 15) is 4.79 Å². The van der Waals surface area contributed by atoms with Crippen molar-refractivity contribution >= 4 is 16.7 Å². The Balaban J connectivity index is 0.000000572. The summed E-state index contributed by atoms with van der Waals surface area (Å²) in [5, 5.41) is 9.93. The van der Waals surface area contributed by atoms with E-state index in [2.05, 4.69) is 190 Å². The summed E-state index contributed by atoms with van der Waals surface area (Å²) in [7, 11) is 0. The molecule has 1 aliphatic carbocycles. The fraction of sp³-hybridized carbons (Fsp3) is 0.197. The summed E-state index contributed by atoms with van der Waals surface area (Å²) in [6.45, 7) is 8.08. The maximum absolute atomic E-state index is 10.5. The molecule has 9 rings (SSSR count). The summed E-state index contributed by atoms with van der Waals surface area (Å²) >= 11 is 0. The molecule has 327 valence electrons. The van der Waals surface area contributed by atoms with Gasteiger partial charge in [-0.1, -0.05) is 190 Å². The largest absolute Gasteiger partial charge is 0.495 e. The van der Waals surface area contributed by atoms with Crippen LogP contribution in [0.5, 0.6) is 0 Å². The Kier molecular flexibility index (Phi) is 15.5. The summed E-state index contributed by atoms with van der Waals surface area (Å²) in [4.78, 5) is 15.8. The van der Waals surface area contributed by atoms with E-state index >= 15 is 0 Å². The monoisotopic (exact) mass is 1030 g/mol. The number of nitrogens with zero attached hydrogens (tertiary/aromatic N) is 1. The first-order valence-electron chi connectivity index (χ1n) is 22.9. The number of allylic oxidation sites excluding steroid dienone is 2. The minimum absolute atomic E-state index is 0. The summed E-state index contributed by atoms with van der Waals surface area (Å²) in [6, 6.07) is 65.6. The molecule has 1 aromatic heterocycles. The third kappa shape index (κ3) is 10.8. The summed E-state index contributed by atoms with van der Waals surface area (Å²) in [5.74, 6) is -0.00699. The first-order valence-corrected chi connectivity index (χ1v) is 22.9. The van der Waals surface area contributed by atoms with Gasteiger partial charge in [-0.2, -0.15) is 0 Å². The molecule has 0 spiro atoms. The second-order valence-electron chi connectivity index (χ2n) is 17.3. The van der Waals surface area contributed by atoms with Gasteiger partial charge in [0.15, 0.2) is 11.8 Å². The number of aliphatic hydroxyl groups is 1. The molecule has 1 heterocycles. The number of pyridine rings is 1. The molecular formula is C61H57IrNO2. The van der Waals surface area contributed by atoms with Gasteiger partial charge in [-0.15, -0.1) is 29.3 Å². The quantitative estimate of drug-likeness (QED) is 0.0511. The minimum atomic E-state index is -0.144. The van der Waals surface area contributed by atoms with Crippen LogP contribution in [0.25, 0.3) is 66.7 Å². The average Bonchev–Trinajstić information content (AvgIpc) is 3.57. The van der Waals surface area contributed by atoms with Crippen LogP contribution in [-0.4, -0.2) is 15.9 Å². The van der Waals surface area contributed by atoms with Crippen molar-refractivity contribution in [1.29, 1.82) is 0 Å². The molecule has 65 heavy (non-hydrogen) atoms. The van der Waals surface area contributed by atoms with Crippen LogP contribution in [0.2, 0.25) is 0 Å². The van der Waals surface area contributed by atoms with Crippen LogP contribution < -0.4 is 0 Å². The number of aliphatic hydroxyl groups excluding tert-OH is 1. The molecular weight excluding hydrogens is 971 g/mol. The van der Waals surface area contributed by atoms with Crippen LogP contribution in [0.15, 0.2) is 182 Å². The zero-order chi connectivity index (χ0) is 44.5. The molecule has 3 nitrogen and oxygen atoms in total. The minimum Gasteiger partial charge on any atom is -0.495 e. The van der Waals surface area contributed by atoms with E-state index in [1.807, 2.05) is 0 Å². The zero-order valence-corrected chi connectivity index (χ0v) is 40.3. The number of unbranched alkanes of at least 4 members (excludes halogenated alkanes) is 3. The zero-order valence-electron chi connectivity index (χ0n) is 37.9. The van der Waals surface area contributed by atoms with Crippen molar-refractivity contribution in [2.75, 3.05) is 0 Å². The van der Waals surface area contributed by atoms with Gasteiger partial charge in [0.1, 0.15) is 0 Å². The van der Waals surface area contributed by atoms with Crippen molar-refractivity contribution in [2.24, 2.45) is 0 Å². The molecule has 0 amide bonds. The summed E-state index contributed by atoms with van der Waals surface area (Å²) in [5.41, 5.74) is 18.4. The van der Waals surface area contributed by atoms with Crippen LogP contribution >= 0.6 is 0 Å². The van der Waals surface area contributed by atoms with Gasteiger partial charge in [0, 0.05) is 38.8 Å². The Bertz CT molecular complexity index is 2910. The van der Waals surface area contributed by atoms with Gasteiger partial charge in [0.2, 0.25) is 0 Å². The number of hydrogen-bond donors (Lipinski definition) is 1. The number of hydrogen-bond acceptors (Lipinski definition) is 3. The van der Waals surface area contributed by atoms with Crippen molar-refractivity contribution in [3.8, 4) is 55.8 Å². The number of aromatic nitrogens is 1. The maximum atomic E-state index is 10.5. The van der Waals surface area contributed by atoms with Crippen molar-refractivity contribution in [2.45, 2.75) is 78.1 Å². The smallest absolute Gasteiger partial charge is 0.332 e. The third-order valence-corrected chi connectivity index (χ3v) is 12.6. The molecule has 0 fully saturated rings. The number of rotatable bonds is 14. The summed E-state index contributed by atoms with van der Waals surface area (Å²) in [6.07, 6.45) is 10.4. The second-order valence-corrected chi connectivity index (χ2v) is 17.3. The Labute approximate surface area is 399 Å². The van der Waals surface area contributed by atoms with E-state index in [0.717, 1.165) is 28.6 Å². The van der Waals surface area contributed by atoms with E-state index in [1.165, 1.54) is 111 Å². The van der Waals surface area contributed by atoms with E-state index < -0.39 is 0 Å². The molecule has 0 saturated heterocycles. The molecule has 0 atom stereocenters. The number of fused-ring (bicyclic) bond motifs is 4. The molecule has 0 unspecified atom stereocenters. The fourth-order valence-electron chi connectivity index (χ4n) is 9.06. The predicted molar refractivity (Wildman–Crippen MR) is 268 cm³/mol. The normalized spacial score (nSPS) is 12.3. The van der Waals surface area contributed by atoms with Crippen LogP contribution in [-0.2, 0) is 43.2 Å².